The Bertz CT molecular complexity index is 1390. The Morgan fingerprint density at radius 1 is 1.03 bits per heavy atom. The minimum atomic E-state index is -0.347. The second-order valence-electron chi connectivity index (χ2n) is 8.80. The van der Waals surface area contributed by atoms with Gasteiger partial charge < -0.3 is 10.4 Å². The van der Waals surface area contributed by atoms with Crippen LogP contribution in [0.1, 0.15) is 36.5 Å². The molecule has 1 atom stereocenters. The number of carbonyl (C=O) groups excluding carboxylic acids is 2. The minimum Gasteiger partial charge on any atom is -0.505 e. The van der Waals surface area contributed by atoms with Crippen molar-refractivity contribution in [2.24, 2.45) is 10.2 Å². The quantitative estimate of drug-likeness (QED) is 0.348. The number of rotatable bonds is 6. The van der Waals surface area contributed by atoms with E-state index in [1.807, 2.05) is 63.2 Å². The van der Waals surface area contributed by atoms with Crippen molar-refractivity contribution < 1.29 is 14.7 Å². The third-order valence-electron chi connectivity index (χ3n) is 6.41. The molecular weight excluding hydrogens is 454 g/mol. The molecule has 36 heavy (non-hydrogen) atoms. The second-order valence-corrected chi connectivity index (χ2v) is 8.80. The van der Waals surface area contributed by atoms with E-state index in [1.54, 1.807) is 32.2 Å². The molecule has 1 aliphatic rings. The van der Waals surface area contributed by atoms with Crippen molar-refractivity contribution in [1.82, 2.24) is 5.32 Å². The Morgan fingerprint density at radius 3 is 2.42 bits per heavy atom. The highest BCUT2D eigenvalue weighted by Crippen LogP contribution is 2.36. The molecule has 0 fully saturated rings. The predicted octanol–water partition coefficient (Wildman–Crippen LogP) is 4.72. The van der Waals surface area contributed by atoms with Crippen LogP contribution in [-0.4, -0.2) is 35.4 Å². The second kappa shape index (κ2) is 10.0. The van der Waals surface area contributed by atoms with Crippen molar-refractivity contribution in [3.63, 3.8) is 0 Å². The summed E-state index contributed by atoms with van der Waals surface area (Å²) in [6.07, 6.45) is 0. The van der Waals surface area contributed by atoms with Crippen LogP contribution in [0.4, 0.5) is 11.4 Å². The molecular formula is C28H29N5O3. The molecule has 4 rings (SSSR count). The Kier molecular flexibility index (Phi) is 6.87. The van der Waals surface area contributed by atoms with E-state index in [1.165, 1.54) is 5.01 Å². The molecule has 184 valence electrons. The number of amides is 2. The fourth-order valence-electron chi connectivity index (χ4n) is 3.96. The van der Waals surface area contributed by atoms with Crippen molar-refractivity contribution in [3.8, 4) is 16.9 Å². The largest absolute Gasteiger partial charge is 0.505 e. The first-order valence-corrected chi connectivity index (χ1v) is 11.7. The van der Waals surface area contributed by atoms with E-state index >= 15 is 0 Å². The van der Waals surface area contributed by atoms with Gasteiger partial charge in [0.05, 0.1) is 23.0 Å². The normalized spacial score (nSPS) is 15.1. The lowest BCUT2D eigenvalue weighted by Crippen LogP contribution is -2.28. The third-order valence-corrected chi connectivity index (χ3v) is 6.41. The number of nitrogens with one attached hydrogen (secondary N) is 2. The van der Waals surface area contributed by atoms with Crippen molar-refractivity contribution in [2.45, 2.75) is 33.6 Å². The average Bonchev–Trinajstić information content (AvgIpc) is 3.17. The highest BCUT2D eigenvalue weighted by atomic mass is 16.3. The molecule has 3 aromatic carbocycles. The highest BCUT2D eigenvalue weighted by molar-refractivity contribution is 6.71. The van der Waals surface area contributed by atoms with Crippen LogP contribution in [0.2, 0.25) is 0 Å². The van der Waals surface area contributed by atoms with E-state index < -0.39 is 0 Å². The summed E-state index contributed by atoms with van der Waals surface area (Å²) in [5.74, 6) is -0.689. The number of aromatic hydroxyl groups is 1. The van der Waals surface area contributed by atoms with Gasteiger partial charge in [0.1, 0.15) is 5.75 Å². The molecule has 1 heterocycles. The van der Waals surface area contributed by atoms with Crippen molar-refractivity contribution in [1.29, 1.82) is 0 Å². The van der Waals surface area contributed by atoms with Crippen LogP contribution in [0.15, 0.2) is 70.9 Å². The zero-order valence-electron chi connectivity index (χ0n) is 21.0. The molecule has 8 nitrogen and oxygen atoms in total. The molecule has 1 aliphatic heterocycles. The first kappa shape index (κ1) is 24.7. The van der Waals surface area contributed by atoms with Gasteiger partial charge in [0, 0.05) is 12.6 Å². The van der Waals surface area contributed by atoms with Gasteiger partial charge in [-0.1, -0.05) is 42.5 Å². The number of hydrazone groups is 2. The average molecular weight is 484 g/mol. The summed E-state index contributed by atoms with van der Waals surface area (Å²) < 4.78 is 0. The van der Waals surface area contributed by atoms with Crippen LogP contribution in [0, 0.1) is 13.8 Å². The maximum absolute atomic E-state index is 13.0. The fourth-order valence-corrected chi connectivity index (χ4v) is 3.96. The van der Waals surface area contributed by atoms with Crippen LogP contribution < -0.4 is 15.8 Å². The van der Waals surface area contributed by atoms with Crippen LogP contribution >= 0.6 is 0 Å². The number of hydrogen-bond donors (Lipinski definition) is 3. The van der Waals surface area contributed by atoms with E-state index in [4.69, 9.17) is 0 Å². The van der Waals surface area contributed by atoms with Gasteiger partial charge in [0.25, 0.3) is 0 Å². The van der Waals surface area contributed by atoms with Gasteiger partial charge in [-0.15, -0.1) is 0 Å². The number of phenolic OH excluding ortho intramolecular Hbond substituents is 1. The molecule has 0 saturated carbocycles. The fraction of sp³-hybridized carbons (Fsp3) is 0.214. The molecule has 0 radical (unpaired) electrons. The Morgan fingerprint density at radius 2 is 1.75 bits per heavy atom. The van der Waals surface area contributed by atoms with Crippen LogP contribution in [0.3, 0.4) is 0 Å². The highest BCUT2D eigenvalue weighted by Gasteiger charge is 2.31. The smallest absolute Gasteiger partial charge is 0.301 e. The molecule has 0 spiro atoms. The van der Waals surface area contributed by atoms with Gasteiger partial charge in [-0.2, -0.15) is 15.2 Å². The summed E-state index contributed by atoms with van der Waals surface area (Å²) >= 11 is 0. The number of likely N-dealkylation sites (N-methyl/N-ethyl adjacent to an activating group) is 1. The van der Waals surface area contributed by atoms with Crippen molar-refractivity contribution in [3.05, 3.63) is 77.4 Å². The van der Waals surface area contributed by atoms with E-state index in [0.29, 0.717) is 22.6 Å². The number of anilines is 2. The van der Waals surface area contributed by atoms with E-state index in [-0.39, 0.29) is 29.2 Å². The lowest BCUT2D eigenvalue weighted by molar-refractivity contribution is -0.121. The monoisotopic (exact) mass is 483 g/mol. The lowest BCUT2D eigenvalue weighted by Gasteiger charge is -2.13. The minimum absolute atomic E-state index is 0.00000275. The zero-order chi connectivity index (χ0) is 26.0. The topological polar surface area (TPSA) is 106 Å². The number of hydrogen-bond acceptors (Lipinski definition) is 6. The van der Waals surface area contributed by atoms with Gasteiger partial charge in [0.15, 0.2) is 5.71 Å². The molecule has 0 aliphatic carbocycles. The summed E-state index contributed by atoms with van der Waals surface area (Å²) in [6, 6.07) is 18.4. The molecule has 0 saturated heterocycles. The molecule has 3 aromatic rings. The van der Waals surface area contributed by atoms with E-state index in [9.17, 15) is 14.7 Å². The van der Waals surface area contributed by atoms with Crippen LogP contribution in [0.5, 0.6) is 5.75 Å². The number of phenols is 1. The zero-order valence-corrected chi connectivity index (χ0v) is 21.0. The lowest BCUT2D eigenvalue weighted by atomic mass is 9.96. The van der Waals surface area contributed by atoms with E-state index in [0.717, 1.165) is 22.3 Å². The molecule has 0 aromatic heterocycles. The van der Waals surface area contributed by atoms with Gasteiger partial charge in [-0.3, -0.25) is 15.0 Å². The maximum Gasteiger partial charge on any atom is 0.301 e. The molecule has 2 amide bonds. The third kappa shape index (κ3) is 4.70. The summed E-state index contributed by atoms with van der Waals surface area (Å²) in [6.45, 7) is 7.55. The first-order chi connectivity index (χ1) is 17.2. The number of nitrogens with zero attached hydrogens (tertiary/aromatic N) is 3. The number of benzene rings is 3. The first-order valence-electron chi connectivity index (χ1n) is 11.7. The van der Waals surface area contributed by atoms with Crippen molar-refractivity contribution >= 4 is 34.6 Å². The Hall–Kier alpha value is -4.46. The van der Waals surface area contributed by atoms with Gasteiger partial charge in [-0.25, -0.2) is 0 Å². The SMILES string of the molecule is CNC(=O)C(C)c1ccc(-c2cccc(NN=C3C(=O)N(c4ccc(C)c(C)c4)N=C3C)c2O)cc1. The Balaban J connectivity index is 1.55. The standard InChI is InChI=1S/C28H29N5O3/c1-16-9-14-22(15-17(16)2)33-28(36)25(19(4)32-33)31-30-24-8-6-7-23(26(24)34)21-12-10-20(11-13-21)18(3)27(35)29-5/h6-15,18,30,34H,1-5H3,(H,29,35). The summed E-state index contributed by atoms with van der Waals surface area (Å²) in [5.41, 5.74) is 8.95. The molecule has 8 heteroatoms. The van der Waals surface area contributed by atoms with Gasteiger partial charge in [0.2, 0.25) is 5.91 Å². The summed E-state index contributed by atoms with van der Waals surface area (Å²) in [5, 5.41) is 23.5. The maximum atomic E-state index is 13.0. The Labute approximate surface area is 210 Å². The number of carbonyl (C=O) groups is 2. The van der Waals surface area contributed by atoms with Crippen LogP contribution in [-0.2, 0) is 9.59 Å². The van der Waals surface area contributed by atoms with Crippen LogP contribution in [0.25, 0.3) is 11.1 Å². The van der Waals surface area contributed by atoms with Gasteiger partial charge >= 0.3 is 5.91 Å². The predicted molar refractivity (Wildman–Crippen MR) is 144 cm³/mol. The number of aryl methyl sites for hydroxylation is 2. The molecule has 0 bridgehead atoms. The molecule has 1 unspecified atom stereocenters. The molecule has 3 N–H and O–H groups in total. The summed E-state index contributed by atoms with van der Waals surface area (Å²) in [7, 11) is 1.61. The van der Waals surface area contributed by atoms with Gasteiger partial charge in [-0.05, 0) is 68.1 Å². The van der Waals surface area contributed by atoms with Crippen molar-refractivity contribution in [2.75, 3.05) is 17.5 Å². The van der Waals surface area contributed by atoms with E-state index in [2.05, 4.69) is 20.9 Å². The summed E-state index contributed by atoms with van der Waals surface area (Å²) in [4.78, 5) is 24.9. The number of para-hydroxylation sites is 1.